The van der Waals surface area contributed by atoms with Gasteiger partial charge < -0.3 is 0 Å². The minimum atomic E-state index is 0.637. The molecule has 0 saturated carbocycles. The quantitative estimate of drug-likeness (QED) is 0.181. The van der Waals surface area contributed by atoms with Crippen molar-refractivity contribution in [2.45, 2.75) is 0 Å². The molecule has 0 atom stereocenters. The van der Waals surface area contributed by atoms with Crippen LogP contribution in [0, 0.1) is 0 Å². The zero-order chi connectivity index (χ0) is 31.9. The average molecular weight is 614 g/mol. The second-order valence-electron chi connectivity index (χ2n) is 11.7. The van der Waals surface area contributed by atoms with Gasteiger partial charge >= 0.3 is 0 Å². The van der Waals surface area contributed by atoms with Crippen LogP contribution in [0.4, 0.5) is 0 Å². The molecule has 48 heavy (non-hydrogen) atoms. The molecule has 0 bridgehead atoms. The number of rotatable bonds is 5. The predicted octanol–water partition coefficient (Wildman–Crippen LogP) is 10.5. The first-order valence-corrected chi connectivity index (χ1v) is 15.9. The van der Waals surface area contributed by atoms with Crippen molar-refractivity contribution in [3.63, 3.8) is 0 Å². The van der Waals surface area contributed by atoms with Crippen molar-refractivity contribution in [3.05, 3.63) is 164 Å². The van der Waals surface area contributed by atoms with E-state index in [2.05, 4.69) is 97.1 Å². The molecule has 0 fully saturated rings. The Morgan fingerprint density at radius 1 is 0.250 bits per heavy atom. The lowest BCUT2D eigenvalue weighted by atomic mass is 9.98. The van der Waals surface area contributed by atoms with Crippen molar-refractivity contribution in [2.24, 2.45) is 0 Å². The van der Waals surface area contributed by atoms with Gasteiger partial charge in [-0.05, 0) is 27.3 Å². The molecular weight excluding hydrogens is 587 g/mol. The van der Waals surface area contributed by atoms with Gasteiger partial charge in [-0.1, -0.05) is 158 Å². The Hall–Kier alpha value is -6.59. The van der Waals surface area contributed by atoms with Gasteiger partial charge in [0.25, 0.3) is 0 Å². The Labute approximate surface area is 277 Å². The zero-order valence-corrected chi connectivity index (χ0v) is 25.8. The van der Waals surface area contributed by atoms with E-state index >= 15 is 0 Å². The summed E-state index contributed by atoms with van der Waals surface area (Å²) in [6.07, 6.45) is 1.96. The molecule has 0 N–H and O–H groups in total. The van der Waals surface area contributed by atoms with Gasteiger partial charge in [0.15, 0.2) is 23.3 Å². The van der Waals surface area contributed by atoms with Crippen LogP contribution in [0.2, 0.25) is 0 Å². The molecule has 224 valence electrons. The van der Waals surface area contributed by atoms with E-state index in [9.17, 15) is 0 Å². The van der Waals surface area contributed by atoms with Crippen LogP contribution in [-0.4, -0.2) is 24.9 Å². The van der Waals surface area contributed by atoms with Crippen LogP contribution >= 0.6 is 0 Å². The number of hydrogen-bond donors (Lipinski definition) is 0. The maximum Gasteiger partial charge on any atom is 0.164 e. The molecule has 0 aliphatic heterocycles. The molecule has 9 rings (SSSR count). The molecule has 0 radical (unpaired) electrons. The Kier molecular flexibility index (Phi) is 6.72. The monoisotopic (exact) mass is 613 g/mol. The molecule has 5 heteroatoms. The van der Waals surface area contributed by atoms with Crippen LogP contribution < -0.4 is 0 Å². The number of aromatic nitrogens is 5. The summed E-state index contributed by atoms with van der Waals surface area (Å²) in [5.74, 6) is 2.65. The number of benzene rings is 7. The van der Waals surface area contributed by atoms with Crippen LogP contribution in [0.15, 0.2) is 164 Å². The lowest BCUT2D eigenvalue weighted by Crippen LogP contribution is -2.00. The molecule has 0 saturated heterocycles. The Bertz CT molecular complexity index is 2490. The molecule has 2 heterocycles. The smallest absolute Gasteiger partial charge is 0.164 e. The standard InChI is InChI=1S/C43H27N5/c1-3-11-30(12-4-1)41-46-42(31-13-5-2-6-14-31)48-43(47-41)33-25-21-29(22-26-33)28-19-23-32(24-20-28)40-44-27-38-36-17-8-7-15-34(36)35-16-9-10-18-37(35)39(38)45-40/h1-27H. The zero-order valence-electron chi connectivity index (χ0n) is 25.8. The fourth-order valence-electron chi connectivity index (χ4n) is 6.36. The molecule has 9 aromatic rings. The van der Waals surface area contributed by atoms with Crippen molar-refractivity contribution >= 4 is 32.4 Å². The number of nitrogens with zero attached hydrogens (tertiary/aromatic N) is 5. The van der Waals surface area contributed by atoms with Crippen molar-refractivity contribution in [3.8, 4) is 56.7 Å². The van der Waals surface area contributed by atoms with Gasteiger partial charge in [-0.3, -0.25) is 0 Å². The first-order chi connectivity index (χ1) is 23.8. The summed E-state index contributed by atoms with van der Waals surface area (Å²) >= 11 is 0. The fraction of sp³-hybridized carbons (Fsp3) is 0. The SMILES string of the molecule is c1ccc(-c2nc(-c3ccccc3)nc(-c3ccc(-c4ccc(-c5ncc6c7ccccc7c7ccccc7c6n5)cc4)cc3)n2)cc1. The van der Waals surface area contributed by atoms with Gasteiger partial charge in [0.05, 0.1) is 5.52 Å². The summed E-state index contributed by atoms with van der Waals surface area (Å²) in [7, 11) is 0. The number of fused-ring (bicyclic) bond motifs is 6. The van der Waals surface area contributed by atoms with E-state index in [4.69, 9.17) is 24.9 Å². The van der Waals surface area contributed by atoms with Crippen LogP contribution in [-0.2, 0) is 0 Å². The third-order valence-corrected chi connectivity index (χ3v) is 8.80. The van der Waals surface area contributed by atoms with Gasteiger partial charge in [-0.15, -0.1) is 0 Å². The van der Waals surface area contributed by atoms with Gasteiger partial charge in [-0.25, -0.2) is 24.9 Å². The lowest BCUT2D eigenvalue weighted by molar-refractivity contribution is 1.07. The summed E-state index contributed by atoms with van der Waals surface area (Å²) in [5.41, 5.74) is 6.98. The highest BCUT2D eigenvalue weighted by molar-refractivity contribution is 6.24. The van der Waals surface area contributed by atoms with E-state index in [1.807, 2.05) is 66.9 Å². The van der Waals surface area contributed by atoms with Gasteiger partial charge in [0.2, 0.25) is 0 Å². The van der Waals surface area contributed by atoms with Crippen LogP contribution in [0.1, 0.15) is 0 Å². The van der Waals surface area contributed by atoms with Gasteiger partial charge in [0.1, 0.15) is 0 Å². The summed E-state index contributed by atoms with van der Waals surface area (Å²) in [6, 6.07) is 53.8. The van der Waals surface area contributed by atoms with Gasteiger partial charge in [-0.2, -0.15) is 0 Å². The molecule has 0 aliphatic carbocycles. The van der Waals surface area contributed by atoms with Crippen molar-refractivity contribution in [1.82, 2.24) is 24.9 Å². The highest BCUT2D eigenvalue weighted by Gasteiger charge is 2.14. The molecule has 0 spiro atoms. The second kappa shape index (κ2) is 11.6. The van der Waals surface area contributed by atoms with Crippen molar-refractivity contribution in [1.29, 1.82) is 0 Å². The van der Waals surface area contributed by atoms with Gasteiger partial charge in [0, 0.05) is 39.2 Å². The van der Waals surface area contributed by atoms with E-state index in [-0.39, 0.29) is 0 Å². The molecule has 0 amide bonds. The molecular formula is C43H27N5. The topological polar surface area (TPSA) is 64.5 Å². The fourth-order valence-corrected chi connectivity index (χ4v) is 6.36. The van der Waals surface area contributed by atoms with Crippen LogP contribution in [0.3, 0.4) is 0 Å². The summed E-state index contributed by atoms with van der Waals surface area (Å²) in [4.78, 5) is 24.5. The third kappa shape index (κ3) is 4.95. The van der Waals surface area contributed by atoms with E-state index < -0.39 is 0 Å². The molecule has 0 aliphatic rings. The van der Waals surface area contributed by atoms with E-state index in [1.54, 1.807) is 0 Å². The predicted molar refractivity (Wildman–Crippen MR) is 195 cm³/mol. The number of hydrogen-bond acceptors (Lipinski definition) is 5. The molecule has 7 aromatic carbocycles. The Morgan fingerprint density at radius 3 is 1.10 bits per heavy atom. The summed E-state index contributed by atoms with van der Waals surface area (Å²) in [5, 5.41) is 5.79. The third-order valence-electron chi connectivity index (χ3n) is 8.80. The minimum Gasteiger partial charge on any atom is -0.236 e. The summed E-state index contributed by atoms with van der Waals surface area (Å²) in [6.45, 7) is 0. The second-order valence-corrected chi connectivity index (χ2v) is 11.7. The minimum absolute atomic E-state index is 0.637. The summed E-state index contributed by atoms with van der Waals surface area (Å²) < 4.78 is 0. The van der Waals surface area contributed by atoms with E-state index in [0.717, 1.165) is 49.7 Å². The van der Waals surface area contributed by atoms with Crippen LogP contribution in [0.25, 0.3) is 89.1 Å². The largest absolute Gasteiger partial charge is 0.236 e. The Morgan fingerprint density at radius 2 is 0.604 bits per heavy atom. The first kappa shape index (κ1) is 27.7. The van der Waals surface area contributed by atoms with Crippen molar-refractivity contribution < 1.29 is 0 Å². The van der Waals surface area contributed by atoms with E-state index in [1.165, 1.54) is 16.2 Å². The van der Waals surface area contributed by atoms with Crippen molar-refractivity contribution in [2.75, 3.05) is 0 Å². The maximum atomic E-state index is 5.10. The van der Waals surface area contributed by atoms with Crippen LogP contribution in [0.5, 0.6) is 0 Å². The van der Waals surface area contributed by atoms with E-state index in [0.29, 0.717) is 23.3 Å². The highest BCUT2D eigenvalue weighted by atomic mass is 15.0. The highest BCUT2D eigenvalue weighted by Crippen LogP contribution is 2.35. The maximum absolute atomic E-state index is 5.10. The molecule has 5 nitrogen and oxygen atoms in total. The first-order valence-electron chi connectivity index (χ1n) is 15.9. The molecule has 2 aromatic heterocycles. The normalized spacial score (nSPS) is 11.3. The lowest BCUT2D eigenvalue weighted by Gasteiger charge is -2.11. The Balaban J connectivity index is 1.05. The average Bonchev–Trinajstić information content (AvgIpc) is 3.18. The molecule has 0 unspecified atom stereocenters.